The summed E-state index contributed by atoms with van der Waals surface area (Å²) >= 11 is 0. The first-order valence-electron chi connectivity index (χ1n) is 4.80. The molecule has 4 atom stereocenters. The Kier molecular flexibility index (Phi) is 3.56. The van der Waals surface area contributed by atoms with Crippen LogP contribution in [0, 0.1) is 5.41 Å². The van der Waals surface area contributed by atoms with Gasteiger partial charge in [0, 0.05) is 12.5 Å². The SMILES string of the molecule is B[C@@H]1C[C@](C=C=C)(CO)[C@H](O)C1OC. The monoisotopic (exact) mass is 196 g/mol. The normalized spacial score (nSPS) is 42.1. The van der Waals surface area contributed by atoms with E-state index in [-0.39, 0.29) is 18.5 Å². The molecule has 0 aliphatic heterocycles. The lowest BCUT2D eigenvalue weighted by atomic mass is 9.79. The summed E-state index contributed by atoms with van der Waals surface area (Å²) in [5, 5.41) is 19.4. The number of ether oxygens (including phenoxy) is 1. The van der Waals surface area contributed by atoms with E-state index in [4.69, 9.17) is 4.74 Å². The van der Waals surface area contributed by atoms with E-state index in [2.05, 4.69) is 12.3 Å². The van der Waals surface area contributed by atoms with Crippen LogP contribution in [0.1, 0.15) is 6.42 Å². The van der Waals surface area contributed by atoms with Gasteiger partial charge in [-0.05, 0) is 18.3 Å². The van der Waals surface area contributed by atoms with Gasteiger partial charge < -0.3 is 14.9 Å². The van der Waals surface area contributed by atoms with E-state index in [1.165, 1.54) is 0 Å². The van der Waals surface area contributed by atoms with Gasteiger partial charge in [0.15, 0.2) is 0 Å². The fourth-order valence-electron chi connectivity index (χ4n) is 2.39. The Morgan fingerprint density at radius 2 is 2.43 bits per heavy atom. The second-order valence-corrected chi connectivity index (χ2v) is 4.07. The van der Waals surface area contributed by atoms with Crippen molar-refractivity contribution < 1.29 is 14.9 Å². The minimum atomic E-state index is -0.679. The van der Waals surface area contributed by atoms with Crippen molar-refractivity contribution in [2.24, 2.45) is 5.41 Å². The van der Waals surface area contributed by atoms with Crippen molar-refractivity contribution in [3.05, 3.63) is 18.4 Å². The highest BCUT2D eigenvalue weighted by Gasteiger charge is 2.49. The van der Waals surface area contributed by atoms with Crippen LogP contribution in [0.5, 0.6) is 0 Å². The Morgan fingerprint density at radius 1 is 1.79 bits per heavy atom. The van der Waals surface area contributed by atoms with Gasteiger partial charge in [-0.1, -0.05) is 6.58 Å². The maximum Gasteiger partial charge on any atom is 0.108 e. The van der Waals surface area contributed by atoms with Crippen LogP contribution in [-0.2, 0) is 4.74 Å². The minimum Gasteiger partial charge on any atom is -0.395 e. The van der Waals surface area contributed by atoms with Crippen LogP contribution in [0.3, 0.4) is 0 Å². The molecule has 0 spiro atoms. The van der Waals surface area contributed by atoms with Crippen LogP contribution in [0.15, 0.2) is 18.4 Å². The standard InChI is InChI=1S/C10H17BO3/c1-3-4-10(6-12)5-7(11)8(14-2)9(10)13/h4,7-9,12-13H,1,5-6,11H2,2H3/t7-,8?,9-,10-/m1/s1. The zero-order chi connectivity index (χ0) is 10.8. The maximum absolute atomic E-state index is 10.0. The number of aliphatic hydroxyl groups is 2. The zero-order valence-corrected chi connectivity index (χ0v) is 8.73. The van der Waals surface area contributed by atoms with Gasteiger partial charge >= 0.3 is 0 Å². The van der Waals surface area contributed by atoms with Gasteiger partial charge in [-0.15, -0.1) is 5.73 Å². The molecular weight excluding hydrogens is 179 g/mol. The Balaban J connectivity index is 2.96. The molecule has 2 N–H and O–H groups in total. The van der Waals surface area contributed by atoms with Crippen LogP contribution in [-0.4, -0.2) is 44.0 Å². The lowest BCUT2D eigenvalue weighted by Crippen LogP contribution is -2.38. The molecule has 0 bridgehead atoms. The minimum absolute atomic E-state index is 0.0963. The van der Waals surface area contributed by atoms with Gasteiger partial charge in [0.05, 0.1) is 18.8 Å². The molecular formula is C10H17BO3. The average molecular weight is 196 g/mol. The molecule has 1 rings (SSSR count). The Labute approximate surface area is 85.5 Å². The highest BCUT2D eigenvalue weighted by molar-refractivity contribution is 6.12. The first-order chi connectivity index (χ1) is 6.61. The molecule has 1 saturated carbocycles. The third kappa shape index (κ3) is 1.66. The van der Waals surface area contributed by atoms with Gasteiger partial charge in [-0.25, -0.2) is 0 Å². The van der Waals surface area contributed by atoms with E-state index < -0.39 is 11.5 Å². The van der Waals surface area contributed by atoms with Crippen LogP contribution < -0.4 is 0 Å². The molecule has 0 radical (unpaired) electrons. The molecule has 1 aliphatic carbocycles. The van der Waals surface area contributed by atoms with Crippen LogP contribution in [0.25, 0.3) is 0 Å². The summed E-state index contributed by atoms with van der Waals surface area (Å²) in [7, 11) is 3.58. The molecule has 14 heavy (non-hydrogen) atoms. The second-order valence-electron chi connectivity index (χ2n) is 4.07. The summed E-state index contributed by atoms with van der Waals surface area (Å²) in [4.78, 5) is 0. The van der Waals surface area contributed by atoms with E-state index in [1.54, 1.807) is 13.2 Å². The van der Waals surface area contributed by atoms with Crippen molar-refractivity contribution in [3.63, 3.8) is 0 Å². The number of aliphatic hydroxyl groups excluding tert-OH is 2. The molecule has 0 aromatic carbocycles. The van der Waals surface area contributed by atoms with Crippen molar-refractivity contribution >= 4 is 7.85 Å². The highest BCUT2D eigenvalue weighted by Crippen LogP contribution is 2.45. The van der Waals surface area contributed by atoms with Crippen molar-refractivity contribution in [3.8, 4) is 0 Å². The van der Waals surface area contributed by atoms with E-state index in [9.17, 15) is 10.2 Å². The zero-order valence-electron chi connectivity index (χ0n) is 8.73. The molecule has 0 aromatic rings. The molecule has 78 valence electrons. The smallest absolute Gasteiger partial charge is 0.108 e. The number of hydrogen-bond donors (Lipinski definition) is 2. The molecule has 3 nitrogen and oxygen atoms in total. The molecule has 1 unspecified atom stereocenters. The molecule has 0 saturated heterocycles. The Bertz CT molecular complexity index is 250. The number of hydrogen-bond acceptors (Lipinski definition) is 3. The van der Waals surface area contributed by atoms with Crippen LogP contribution in [0.4, 0.5) is 0 Å². The third-order valence-electron chi connectivity index (χ3n) is 3.12. The van der Waals surface area contributed by atoms with Crippen molar-refractivity contribution in [1.82, 2.24) is 0 Å². The summed E-state index contributed by atoms with van der Waals surface area (Å²) in [5.74, 6) is 0.228. The predicted octanol–water partition coefficient (Wildman–Crippen LogP) is -0.493. The molecule has 0 heterocycles. The predicted molar refractivity (Wildman–Crippen MR) is 56.9 cm³/mol. The second kappa shape index (κ2) is 4.32. The fourth-order valence-corrected chi connectivity index (χ4v) is 2.39. The summed E-state index contributed by atoms with van der Waals surface area (Å²) in [6.45, 7) is 3.39. The summed E-state index contributed by atoms with van der Waals surface area (Å²) in [6, 6.07) is 0. The van der Waals surface area contributed by atoms with E-state index >= 15 is 0 Å². The van der Waals surface area contributed by atoms with Gasteiger partial charge in [0.25, 0.3) is 0 Å². The molecule has 4 heteroatoms. The largest absolute Gasteiger partial charge is 0.395 e. The first-order valence-corrected chi connectivity index (χ1v) is 4.80. The van der Waals surface area contributed by atoms with Crippen molar-refractivity contribution in [2.45, 2.75) is 24.4 Å². The third-order valence-corrected chi connectivity index (χ3v) is 3.12. The van der Waals surface area contributed by atoms with E-state index in [0.717, 1.165) is 0 Å². The highest BCUT2D eigenvalue weighted by atomic mass is 16.5. The van der Waals surface area contributed by atoms with Gasteiger partial charge in [-0.3, -0.25) is 0 Å². The molecule has 1 aliphatic rings. The van der Waals surface area contributed by atoms with Crippen LogP contribution in [0.2, 0.25) is 5.82 Å². The Morgan fingerprint density at radius 3 is 2.79 bits per heavy atom. The van der Waals surface area contributed by atoms with E-state index in [0.29, 0.717) is 6.42 Å². The average Bonchev–Trinajstić information content (AvgIpc) is 2.40. The van der Waals surface area contributed by atoms with Gasteiger partial charge in [-0.2, -0.15) is 0 Å². The van der Waals surface area contributed by atoms with Crippen LogP contribution >= 0.6 is 0 Å². The van der Waals surface area contributed by atoms with Crippen molar-refractivity contribution in [1.29, 1.82) is 0 Å². The number of methoxy groups -OCH3 is 1. The quantitative estimate of drug-likeness (QED) is 0.473. The lowest BCUT2D eigenvalue weighted by molar-refractivity contribution is -0.0406. The lowest BCUT2D eigenvalue weighted by Gasteiger charge is -2.27. The van der Waals surface area contributed by atoms with Crippen molar-refractivity contribution in [2.75, 3.05) is 13.7 Å². The topological polar surface area (TPSA) is 49.7 Å². The van der Waals surface area contributed by atoms with Gasteiger partial charge in [0.2, 0.25) is 0 Å². The fraction of sp³-hybridized carbons (Fsp3) is 0.700. The van der Waals surface area contributed by atoms with Gasteiger partial charge in [0.1, 0.15) is 7.85 Å². The molecule has 0 amide bonds. The maximum atomic E-state index is 10.0. The first kappa shape index (κ1) is 11.5. The summed E-state index contributed by atoms with van der Waals surface area (Å²) in [5.41, 5.74) is 2.02. The Hall–Kier alpha value is -0.535. The summed E-state index contributed by atoms with van der Waals surface area (Å²) < 4.78 is 5.21. The molecule has 1 fully saturated rings. The summed E-state index contributed by atoms with van der Waals surface area (Å²) in [6.07, 6.45) is 1.47. The molecule has 0 aromatic heterocycles. The number of rotatable bonds is 3. The van der Waals surface area contributed by atoms with E-state index in [1.807, 2.05) is 7.85 Å².